The largest absolute Gasteiger partial charge is 0.388 e. The van der Waals surface area contributed by atoms with Gasteiger partial charge in [0.2, 0.25) is 5.95 Å². The first-order valence-corrected chi connectivity index (χ1v) is 16.3. The summed E-state index contributed by atoms with van der Waals surface area (Å²) in [6.07, 6.45) is 5.74. The van der Waals surface area contributed by atoms with Crippen LogP contribution in [0, 0.1) is 17.5 Å². The maximum atomic E-state index is 16.0. The molecule has 44 heavy (non-hydrogen) atoms. The van der Waals surface area contributed by atoms with E-state index in [9.17, 15) is 17.9 Å². The molecular weight excluding hydrogens is 591 g/mol. The summed E-state index contributed by atoms with van der Waals surface area (Å²) in [5, 5.41) is 17.5. The van der Waals surface area contributed by atoms with E-state index < -0.39 is 44.8 Å². The van der Waals surface area contributed by atoms with E-state index >= 15 is 8.78 Å². The number of sulfonamides is 1. The summed E-state index contributed by atoms with van der Waals surface area (Å²) in [4.78, 5) is 8.82. The summed E-state index contributed by atoms with van der Waals surface area (Å²) in [6, 6.07) is 7.93. The summed E-state index contributed by atoms with van der Waals surface area (Å²) in [6.45, 7) is 1.92. The molecule has 232 valence electrons. The van der Waals surface area contributed by atoms with Gasteiger partial charge in [-0.15, -0.1) is 0 Å². The molecule has 0 saturated heterocycles. The Morgan fingerprint density at radius 2 is 1.75 bits per heavy atom. The Balaban J connectivity index is 1.33. The number of aryl methyl sites for hydroxylation is 1. The molecule has 1 atom stereocenters. The molecule has 1 saturated carbocycles. The fourth-order valence-corrected chi connectivity index (χ4v) is 7.75. The summed E-state index contributed by atoms with van der Waals surface area (Å²) in [5.74, 6) is -2.33. The van der Waals surface area contributed by atoms with E-state index in [4.69, 9.17) is 4.98 Å². The first-order chi connectivity index (χ1) is 21.1. The lowest BCUT2D eigenvalue weighted by atomic mass is 9.91. The molecule has 1 fully saturated rings. The van der Waals surface area contributed by atoms with Crippen LogP contribution in [0.25, 0.3) is 22.0 Å². The summed E-state index contributed by atoms with van der Waals surface area (Å²) in [5.41, 5.74) is 1.18. The molecule has 0 amide bonds. The van der Waals surface area contributed by atoms with Crippen LogP contribution in [0.1, 0.15) is 61.8 Å². The first kappa shape index (κ1) is 30.3. The molecule has 0 bridgehead atoms. The van der Waals surface area contributed by atoms with E-state index in [1.807, 2.05) is 14.0 Å². The minimum absolute atomic E-state index is 0.190. The van der Waals surface area contributed by atoms with Crippen LogP contribution in [0.2, 0.25) is 0 Å². The highest BCUT2D eigenvalue weighted by atomic mass is 32.2. The van der Waals surface area contributed by atoms with Gasteiger partial charge in [-0.05, 0) is 111 Å². The van der Waals surface area contributed by atoms with Crippen LogP contribution in [0.15, 0.2) is 47.5 Å². The van der Waals surface area contributed by atoms with Crippen LogP contribution in [0.5, 0.6) is 0 Å². The molecular formula is C32H34F3N5O3S. The van der Waals surface area contributed by atoms with Gasteiger partial charge in [-0.1, -0.05) is 6.92 Å². The van der Waals surface area contributed by atoms with E-state index in [0.29, 0.717) is 29.3 Å². The van der Waals surface area contributed by atoms with E-state index in [1.54, 1.807) is 18.3 Å². The van der Waals surface area contributed by atoms with Gasteiger partial charge in [0.25, 0.3) is 10.0 Å². The van der Waals surface area contributed by atoms with Crippen LogP contribution in [0.3, 0.4) is 0 Å². The second kappa shape index (κ2) is 12.0. The number of hydrogen-bond donors (Lipinski definition) is 4. The second-order valence-corrected chi connectivity index (χ2v) is 13.2. The fourth-order valence-electron chi connectivity index (χ4n) is 6.38. The van der Waals surface area contributed by atoms with Gasteiger partial charge in [0, 0.05) is 23.7 Å². The Hall–Kier alpha value is -3.74. The zero-order chi connectivity index (χ0) is 31.2. The molecule has 2 aliphatic carbocycles. The number of halogens is 3. The quantitative estimate of drug-likeness (QED) is 0.190. The van der Waals surface area contributed by atoms with Gasteiger partial charge in [-0.2, -0.15) is 0 Å². The molecule has 6 rings (SSSR count). The molecule has 12 heteroatoms. The normalized spacial score (nSPS) is 20.1. The van der Waals surface area contributed by atoms with Gasteiger partial charge in [-0.3, -0.25) is 4.72 Å². The van der Waals surface area contributed by atoms with Crippen molar-refractivity contribution in [1.29, 1.82) is 0 Å². The van der Waals surface area contributed by atoms with Crippen molar-refractivity contribution in [2.45, 2.75) is 75.0 Å². The summed E-state index contributed by atoms with van der Waals surface area (Å²) < 4.78 is 74.4. The monoisotopic (exact) mass is 625 g/mol. The molecule has 0 aliphatic heterocycles. The Kier molecular flexibility index (Phi) is 8.25. The number of fused-ring (bicyclic) bond motifs is 2. The third kappa shape index (κ3) is 5.73. The zero-order valence-electron chi connectivity index (χ0n) is 24.4. The number of aromatic nitrogens is 2. The van der Waals surface area contributed by atoms with Crippen molar-refractivity contribution in [1.82, 2.24) is 15.3 Å². The number of anilines is 2. The number of benzene rings is 3. The van der Waals surface area contributed by atoms with E-state index in [1.165, 1.54) is 0 Å². The third-order valence-corrected chi connectivity index (χ3v) is 10.2. The predicted molar refractivity (Wildman–Crippen MR) is 163 cm³/mol. The first-order valence-electron chi connectivity index (χ1n) is 14.8. The van der Waals surface area contributed by atoms with Crippen molar-refractivity contribution in [3.63, 3.8) is 0 Å². The lowest BCUT2D eigenvalue weighted by Crippen LogP contribution is -2.35. The van der Waals surface area contributed by atoms with E-state index in [-0.39, 0.29) is 40.5 Å². The smallest absolute Gasteiger partial charge is 0.262 e. The molecule has 1 aromatic heterocycles. The lowest BCUT2D eigenvalue weighted by molar-refractivity contribution is 0.179. The Morgan fingerprint density at radius 1 is 1.00 bits per heavy atom. The minimum atomic E-state index is -4.48. The Bertz CT molecular complexity index is 1850. The van der Waals surface area contributed by atoms with Crippen LogP contribution >= 0.6 is 0 Å². The number of aliphatic hydroxyl groups is 1. The number of aliphatic hydroxyl groups excluding tert-OH is 1. The van der Waals surface area contributed by atoms with Gasteiger partial charge in [0.1, 0.15) is 11.6 Å². The van der Waals surface area contributed by atoms with Gasteiger partial charge in [0.15, 0.2) is 5.82 Å². The van der Waals surface area contributed by atoms with Gasteiger partial charge in [-0.25, -0.2) is 31.6 Å². The molecule has 8 nitrogen and oxygen atoms in total. The molecule has 1 heterocycles. The maximum Gasteiger partial charge on any atom is 0.262 e. The van der Waals surface area contributed by atoms with Crippen LogP contribution in [0.4, 0.5) is 24.8 Å². The Labute approximate surface area is 254 Å². The van der Waals surface area contributed by atoms with Crippen molar-refractivity contribution in [2.24, 2.45) is 0 Å². The minimum Gasteiger partial charge on any atom is -0.388 e. The van der Waals surface area contributed by atoms with Crippen LogP contribution in [-0.4, -0.2) is 42.6 Å². The predicted octanol–water partition coefficient (Wildman–Crippen LogP) is 6.00. The van der Waals surface area contributed by atoms with E-state index in [2.05, 4.69) is 20.3 Å². The molecule has 1 unspecified atom stereocenters. The average Bonchev–Trinajstić information content (AvgIpc) is 3.38. The second-order valence-electron chi connectivity index (χ2n) is 11.5. The average molecular weight is 626 g/mol. The van der Waals surface area contributed by atoms with Crippen molar-refractivity contribution < 1.29 is 26.7 Å². The van der Waals surface area contributed by atoms with Crippen LogP contribution in [-0.2, 0) is 22.9 Å². The summed E-state index contributed by atoms with van der Waals surface area (Å²) in [7, 11) is -2.51. The van der Waals surface area contributed by atoms with Crippen molar-refractivity contribution in [2.75, 3.05) is 17.1 Å². The summed E-state index contributed by atoms with van der Waals surface area (Å²) >= 11 is 0. The van der Waals surface area contributed by atoms with Gasteiger partial charge >= 0.3 is 0 Å². The number of nitrogens with zero attached hydrogens (tertiary/aromatic N) is 2. The highest BCUT2D eigenvalue weighted by Crippen LogP contribution is 2.38. The highest BCUT2D eigenvalue weighted by molar-refractivity contribution is 7.92. The van der Waals surface area contributed by atoms with Gasteiger partial charge in [0.05, 0.1) is 27.8 Å². The highest BCUT2D eigenvalue weighted by Gasteiger charge is 2.31. The molecule has 0 spiro atoms. The standard InChI is InChI=1S/C32H34F3N5O3S/c1-3-17-12-18(13-19-16-37-32(39-31(17)19)38-22-6-4-21(36-2)5-7-22)29-25(34)9-10-26(30(29)35)40-44(42,43)28-15-20(33)14-24-23(28)8-11-27(24)41/h9-10,12-16,21-22,27,36,40-41H,3-8,11H2,1-2H3,(H,37,38,39). The molecule has 4 N–H and O–H groups in total. The van der Waals surface area contributed by atoms with Crippen molar-refractivity contribution in [3.8, 4) is 11.1 Å². The number of rotatable bonds is 8. The number of hydrogen-bond acceptors (Lipinski definition) is 7. The molecule has 0 radical (unpaired) electrons. The number of nitrogens with one attached hydrogen (secondary N) is 3. The molecule has 3 aromatic carbocycles. The SMILES string of the molecule is CCc1cc(-c2c(F)ccc(NS(=O)(=O)c3cc(F)cc4c3CCC4O)c2F)cc2cnc(NC3CCC(NC)CC3)nc12. The third-order valence-electron chi connectivity index (χ3n) is 8.76. The van der Waals surface area contributed by atoms with Crippen molar-refractivity contribution >= 4 is 32.6 Å². The lowest BCUT2D eigenvalue weighted by Gasteiger charge is -2.28. The van der Waals surface area contributed by atoms with Crippen molar-refractivity contribution in [3.05, 3.63) is 76.7 Å². The van der Waals surface area contributed by atoms with Crippen LogP contribution < -0.4 is 15.4 Å². The topological polar surface area (TPSA) is 116 Å². The zero-order valence-corrected chi connectivity index (χ0v) is 25.2. The Morgan fingerprint density at radius 3 is 2.48 bits per heavy atom. The molecule has 4 aromatic rings. The van der Waals surface area contributed by atoms with E-state index in [0.717, 1.165) is 55.5 Å². The molecule has 2 aliphatic rings. The fraction of sp³-hybridized carbons (Fsp3) is 0.375. The van der Waals surface area contributed by atoms with Gasteiger partial charge < -0.3 is 15.7 Å². The maximum absolute atomic E-state index is 16.0.